The van der Waals surface area contributed by atoms with E-state index in [-0.39, 0.29) is 0 Å². The predicted octanol–water partition coefficient (Wildman–Crippen LogP) is 1.70. The molecule has 0 saturated heterocycles. The lowest BCUT2D eigenvalue weighted by Crippen LogP contribution is -2.23. The van der Waals surface area contributed by atoms with Crippen LogP contribution in [0.25, 0.3) is 0 Å². The second kappa shape index (κ2) is 4.57. The molecule has 0 amide bonds. The summed E-state index contributed by atoms with van der Waals surface area (Å²) in [4.78, 5) is 7.92. The van der Waals surface area contributed by atoms with Crippen molar-refractivity contribution in [1.29, 1.82) is 0 Å². The van der Waals surface area contributed by atoms with Crippen molar-refractivity contribution in [3.05, 3.63) is 17.4 Å². The van der Waals surface area contributed by atoms with Crippen LogP contribution in [0.5, 0.6) is 0 Å². The summed E-state index contributed by atoms with van der Waals surface area (Å²) in [6, 6.07) is 0. The number of hydrogen-bond donors (Lipinski definition) is 2. The molecule has 1 heterocycles. The van der Waals surface area contributed by atoms with Crippen LogP contribution in [0.2, 0.25) is 5.02 Å². The second-order valence-corrected chi connectivity index (χ2v) is 4.15. The minimum Gasteiger partial charge on any atom is -0.390 e. The van der Waals surface area contributed by atoms with Gasteiger partial charge in [0.15, 0.2) is 0 Å². The highest BCUT2D eigenvalue weighted by atomic mass is 35.5. The summed E-state index contributed by atoms with van der Waals surface area (Å²) in [5, 5.41) is 12.9. The van der Waals surface area contributed by atoms with E-state index in [1.807, 2.05) is 0 Å². The molecule has 14 heavy (non-hydrogen) atoms. The molecule has 0 saturated carbocycles. The first-order valence-electron chi connectivity index (χ1n) is 4.41. The Bertz CT molecular complexity index is 281. The molecule has 0 unspecified atom stereocenters. The molecule has 1 aromatic heterocycles. The number of aliphatic hydroxyl groups is 1. The standard InChI is InChI=1S/C9H14ClN3O/c1-9(2,14)3-4-11-8-12-5-7(10)6-13-8/h5-6,14H,3-4H2,1-2H3,(H,11,12,13). The van der Waals surface area contributed by atoms with Gasteiger partial charge in [-0.1, -0.05) is 11.6 Å². The highest BCUT2D eigenvalue weighted by molar-refractivity contribution is 6.30. The number of nitrogens with one attached hydrogen (secondary N) is 1. The molecule has 2 N–H and O–H groups in total. The third-order valence-corrected chi connectivity index (χ3v) is 1.84. The Hall–Kier alpha value is -0.870. The van der Waals surface area contributed by atoms with Crippen molar-refractivity contribution < 1.29 is 5.11 Å². The van der Waals surface area contributed by atoms with Gasteiger partial charge in [-0.15, -0.1) is 0 Å². The van der Waals surface area contributed by atoms with Crippen molar-refractivity contribution in [3.63, 3.8) is 0 Å². The summed E-state index contributed by atoms with van der Waals surface area (Å²) < 4.78 is 0. The van der Waals surface area contributed by atoms with Gasteiger partial charge < -0.3 is 10.4 Å². The molecule has 0 radical (unpaired) electrons. The number of rotatable bonds is 4. The van der Waals surface area contributed by atoms with Crippen molar-refractivity contribution in [2.24, 2.45) is 0 Å². The monoisotopic (exact) mass is 215 g/mol. The van der Waals surface area contributed by atoms with E-state index in [9.17, 15) is 5.11 Å². The van der Waals surface area contributed by atoms with E-state index in [1.54, 1.807) is 13.8 Å². The lowest BCUT2D eigenvalue weighted by molar-refractivity contribution is 0.0748. The molecule has 78 valence electrons. The Kier molecular flexibility index (Phi) is 3.66. The molecule has 0 aliphatic rings. The number of halogens is 1. The summed E-state index contributed by atoms with van der Waals surface area (Å²) in [5.74, 6) is 0.527. The van der Waals surface area contributed by atoms with Crippen molar-refractivity contribution >= 4 is 17.5 Å². The van der Waals surface area contributed by atoms with Crippen molar-refractivity contribution in [1.82, 2.24) is 9.97 Å². The van der Waals surface area contributed by atoms with Crippen LogP contribution in [-0.2, 0) is 0 Å². The Morgan fingerprint density at radius 3 is 2.50 bits per heavy atom. The largest absolute Gasteiger partial charge is 0.390 e. The maximum absolute atomic E-state index is 9.44. The molecule has 0 fully saturated rings. The van der Waals surface area contributed by atoms with Crippen LogP contribution in [0, 0.1) is 0 Å². The van der Waals surface area contributed by atoms with Gasteiger partial charge in [-0.25, -0.2) is 9.97 Å². The summed E-state index contributed by atoms with van der Waals surface area (Å²) in [6.07, 6.45) is 3.70. The maximum atomic E-state index is 9.44. The molecule has 0 spiro atoms. The predicted molar refractivity (Wildman–Crippen MR) is 56.4 cm³/mol. The third-order valence-electron chi connectivity index (χ3n) is 1.64. The average Bonchev–Trinajstić information content (AvgIpc) is 2.06. The molecular weight excluding hydrogens is 202 g/mol. The van der Waals surface area contributed by atoms with Gasteiger partial charge in [0.05, 0.1) is 23.0 Å². The summed E-state index contributed by atoms with van der Waals surface area (Å²) in [5.41, 5.74) is -0.667. The van der Waals surface area contributed by atoms with Gasteiger partial charge in [0, 0.05) is 6.54 Å². The smallest absolute Gasteiger partial charge is 0.222 e. The van der Waals surface area contributed by atoms with Crippen molar-refractivity contribution in [2.75, 3.05) is 11.9 Å². The third kappa shape index (κ3) is 4.39. The molecule has 0 aliphatic heterocycles. The zero-order valence-electron chi connectivity index (χ0n) is 8.29. The van der Waals surface area contributed by atoms with E-state index >= 15 is 0 Å². The summed E-state index contributed by atoms with van der Waals surface area (Å²) in [6.45, 7) is 4.15. The van der Waals surface area contributed by atoms with E-state index in [0.717, 1.165) is 0 Å². The van der Waals surface area contributed by atoms with E-state index in [4.69, 9.17) is 11.6 Å². The highest BCUT2D eigenvalue weighted by Crippen LogP contribution is 2.08. The Morgan fingerprint density at radius 1 is 1.43 bits per heavy atom. The quantitative estimate of drug-likeness (QED) is 0.803. The maximum Gasteiger partial charge on any atom is 0.222 e. The van der Waals surface area contributed by atoms with E-state index in [1.165, 1.54) is 12.4 Å². The number of hydrogen-bond acceptors (Lipinski definition) is 4. The normalized spacial score (nSPS) is 11.4. The van der Waals surface area contributed by atoms with Crippen molar-refractivity contribution in [3.8, 4) is 0 Å². The molecule has 4 nitrogen and oxygen atoms in total. The van der Waals surface area contributed by atoms with Crippen molar-refractivity contribution in [2.45, 2.75) is 25.9 Å². The van der Waals surface area contributed by atoms with Crippen LogP contribution in [0.15, 0.2) is 12.4 Å². The minimum atomic E-state index is -0.667. The second-order valence-electron chi connectivity index (χ2n) is 3.71. The van der Waals surface area contributed by atoms with Crippen LogP contribution in [0.3, 0.4) is 0 Å². The average molecular weight is 216 g/mol. The molecule has 1 rings (SSSR count). The zero-order valence-corrected chi connectivity index (χ0v) is 9.04. The van der Waals surface area contributed by atoms with E-state index < -0.39 is 5.60 Å². The Labute approximate surface area is 88.3 Å². The van der Waals surface area contributed by atoms with Gasteiger partial charge in [-0.05, 0) is 20.3 Å². The molecular formula is C9H14ClN3O. The lowest BCUT2D eigenvalue weighted by Gasteiger charge is -2.16. The van der Waals surface area contributed by atoms with E-state index in [0.29, 0.717) is 23.9 Å². The van der Waals surface area contributed by atoms with Gasteiger partial charge in [0.1, 0.15) is 0 Å². The number of anilines is 1. The van der Waals surface area contributed by atoms with Crippen LogP contribution in [-0.4, -0.2) is 27.2 Å². The highest BCUT2D eigenvalue weighted by Gasteiger charge is 2.11. The number of nitrogens with zero attached hydrogens (tertiary/aromatic N) is 2. The van der Waals surface area contributed by atoms with Crippen LogP contribution < -0.4 is 5.32 Å². The molecule has 0 aromatic carbocycles. The number of aromatic nitrogens is 2. The fourth-order valence-corrected chi connectivity index (χ4v) is 0.981. The zero-order chi connectivity index (χ0) is 10.6. The SMILES string of the molecule is CC(C)(O)CCNc1ncc(Cl)cn1. The summed E-state index contributed by atoms with van der Waals surface area (Å²) in [7, 11) is 0. The van der Waals surface area contributed by atoms with Crippen LogP contribution in [0.1, 0.15) is 20.3 Å². The van der Waals surface area contributed by atoms with E-state index in [2.05, 4.69) is 15.3 Å². The first kappa shape index (κ1) is 11.2. The van der Waals surface area contributed by atoms with Crippen LogP contribution in [0.4, 0.5) is 5.95 Å². The fourth-order valence-electron chi connectivity index (χ4n) is 0.884. The fraction of sp³-hybridized carbons (Fsp3) is 0.556. The Balaban J connectivity index is 2.35. The molecule has 0 bridgehead atoms. The Morgan fingerprint density at radius 2 is 2.00 bits per heavy atom. The van der Waals surface area contributed by atoms with Crippen LogP contribution >= 0.6 is 11.6 Å². The van der Waals surface area contributed by atoms with Gasteiger partial charge >= 0.3 is 0 Å². The molecule has 5 heteroatoms. The molecule has 0 aliphatic carbocycles. The minimum absolute atomic E-state index is 0.512. The van der Waals surface area contributed by atoms with Gasteiger partial charge in [-0.3, -0.25) is 0 Å². The molecule has 0 atom stereocenters. The van der Waals surface area contributed by atoms with Gasteiger partial charge in [0.2, 0.25) is 5.95 Å². The van der Waals surface area contributed by atoms with Gasteiger partial charge in [-0.2, -0.15) is 0 Å². The first-order chi connectivity index (χ1) is 6.47. The molecule has 1 aromatic rings. The van der Waals surface area contributed by atoms with Gasteiger partial charge in [0.25, 0.3) is 0 Å². The lowest BCUT2D eigenvalue weighted by atomic mass is 10.1. The topological polar surface area (TPSA) is 58.0 Å². The first-order valence-corrected chi connectivity index (χ1v) is 4.79. The summed E-state index contributed by atoms with van der Waals surface area (Å²) >= 11 is 5.63.